The Bertz CT molecular complexity index is 787. The standard InChI is InChI=1S/C15H15N5OS/c1-2-5-18-14(21)10-3-4-11-12(8-10)22-15(19-11)20-13-9-16-6-7-17-13/h3-4,6-9H,2,5H2,1H3,(H,18,21)(H,17,19,20). The van der Waals surface area contributed by atoms with Gasteiger partial charge in [-0.05, 0) is 24.6 Å². The SMILES string of the molecule is CCCNC(=O)c1ccc2nc(Nc3cnccn3)sc2c1. The van der Waals surface area contributed by atoms with E-state index in [1.807, 2.05) is 19.1 Å². The van der Waals surface area contributed by atoms with Gasteiger partial charge in [-0.2, -0.15) is 0 Å². The Labute approximate surface area is 131 Å². The first-order valence-electron chi connectivity index (χ1n) is 6.98. The van der Waals surface area contributed by atoms with Crippen molar-refractivity contribution in [1.82, 2.24) is 20.3 Å². The molecule has 0 atom stereocenters. The lowest BCUT2D eigenvalue weighted by molar-refractivity contribution is 0.0954. The number of hydrogen-bond donors (Lipinski definition) is 2. The number of nitrogens with one attached hydrogen (secondary N) is 2. The van der Waals surface area contributed by atoms with Crippen molar-refractivity contribution >= 4 is 38.4 Å². The van der Waals surface area contributed by atoms with Crippen molar-refractivity contribution in [3.63, 3.8) is 0 Å². The molecule has 3 rings (SSSR count). The van der Waals surface area contributed by atoms with E-state index in [1.165, 1.54) is 11.3 Å². The molecule has 6 nitrogen and oxygen atoms in total. The first-order valence-corrected chi connectivity index (χ1v) is 7.79. The van der Waals surface area contributed by atoms with E-state index in [0.29, 0.717) is 17.9 Å². The summed E-state index contributed by atoms with van der Waals surface area (Å²) in [5.41, 5.74) is 1.50. The number of rotatable bonds is 5. The summed E-state index contributed by atoms with van der Waals surface area (Å²) in [6.45, 7) is 2.70. The van der Waals surface area contributed by atoms with Gasteiger partial charge < -0.3 is 10.6 Å². The fourth-order valence-corrected chi connectivity index (χ4v) is 2.85. The summed E-state index contributed by atoms with van der Waals surface area (Å²) >= 11 is 1.48. The maximum absolute atomic E-state index is 12.0. The van der Waals surface area contributed by atoms with Gasteiger partial charge in [-0.15, -0.1) is 0 Å². The number of thiazole rings is 1. The first-order chi connectivity index (χ1) is 10.8. The summed E-state index contributed by atoms with van der Waals surface area (Å²) in [5.74, 6) is 0.586. The zero-order valence-corrected chi connectivity index (χ0v) is 12.9. The van der Waals surface area contributed by atoms with Gasteiger partial charge in [0, 0.05) is 24.5 Å². The molecule has 0 aliphatic heterocycles. The number of amides is 1. The molecule has 2 N–H and O–H groups in total. The molecule has 1 amide bonds. The van der Waals surface area contributed by atoms with E-state index >= 15 is 0 Å². The molecule has 2 heterocycles. The highest BCUT2D eigenvalue weighted by Crippen LogP contribution is 2.28. The second-order valence-electron chi connectivity index (χ2n) is 4.67. The molecule has 1 aromatic carbocycles. The lowest BCUT2D eigenvalue weighted by Crippen LogP contribution is -2.23. The van der Waals surface area contributed by atoms with Crippen LogP contribution in [0.2, 0.25) is 0 Å². The van der Waals surface area contributed by atoms with Crippen LogP contribution in [-0.4, -0.2) is 27.4 Å². The molecule has 0 bridgehead atoms. The number of carbonyl (C=O) groups is 1. The van der Waals surface area contributed by atoms with E-state index in [1.54, 1.807) is 24.7 Å². The number of nitrogens with zero attached hydrogens (tertiary/aromatic N) is 3. The molecule has 0 saturated heterocycles. The third-order valence-electron chi connectivity index (χ3n) is 2.98. The first kappa shape index (κ1) is 14.4. The molecule has 112 valence electrons. The molecule has 0 unspecified atom stereocenters. The molecule has 3 aromatic rings. The van der Waals surface area contributed by atoms with Crippen molar-refractivity contribution in [2.24, 2.45) is 0 Å². The van der Waals surface area contributed by atoms with Gasteiger partial charge in [0.25, 0.3) is 5.91 Å². The number of aromatic nitrogens is 3. The molecular weight excluding hydrogens is 298 g/mol. The van der Waals surface area contributed by atoms with Crippen LogP contribution in [0, 0.1) is 0 Å². The van der Waals surface area contributed by atoms with Crippen molar-refractivity contribution < 1.29 is 4.79 Å². The molecule has 0 radical (unpaired) electrons. The van der Waals surface area contributed by atoms with E-state index in [-0.39, 0.29) is 5.91 Å². The average molecular weight is 313 g/mol. The normalized spacial score (nSPS) is 10.6. The number of carbonyl (C=O) groups excluding carboxylic acids is 1. The van der Waals surface area contributed by atoms with Crippen LogP contribution >= 0.6 is 11.3 Å². The molecule has 0 fully saturated rings. The van der Waals surface area contributed by atoms with Crippen molar-refractivity contribution in [3.05, 3.63) is 42.4 Å². The Morgan fingerprint density at radius 2 is 2.23 bits per heavy atom. The minimum Gasteiger partial charge on any atom is -0.352 e. The van der Waals surface area contributed by atoms with Gasteiger partial charge >= 0.3 is 0 Å². The summed E-state index contributed by atoms with van der Waals surface area (Å²) in [4.78, 5) is 24.6. The monoisotopic (exact) mass is 313 g/mol. The highest BCUT2D eigenvalue weighted by atomic mass is 32.1. The molecule has 0 spiro atoms. The highest BCUT2D eigenvalue weighted by molar-refractivity contribution is 7.22. The fourth-order valence-electron chi connectivity index (χ4n) is 1.93. The van der Waals surface area contributed by atoms with Crippen LogP contribution in [-0.2, 0) is 0 Å². The number of fused-ring (bicyclic) bond motifs is 1. The van der Waals surface area contributed by atoms with Gasteiger partial charge in [0.05, 0.1) is 16.4 Å². The molecule has 7 heteroatoms. The smallest absolute Gasteiger partial charge is 0.251 e. The summed E-state index contributed by atoms with van der Waals surface area (Å²) in [6.07, 6.45) is 5.78. The minimum atomic E-state index is -0.0550. The summed E-state index contributed by atoms with van der Waals surface area (Å²) in [5, 5.41) is 6.70. The van der Waals surface area contributed by atoms with Crippen molar-refractivity contribution in [2.45, 2.75) is 13.3 Å². The largest absolute Gasteiger partial charge is 0.352 e. The Morgan fingerprint density at radius 1 is 1.32 bits per heavy atom. The number of benzene rings is 1. The van der Waals surface area contributed by atoms with Crippen LogP contribution < -0.4 is 10.6 Å². The summed E-state index contributed by atoms with van der Waals surface area (Å²) < 4.78 is 0.954. The average Bonchev–Trinajstić information content (AvgIpc) is 2.94. The second-order valence-corrected chi connectivity index (χ2v) is 5.70. The van der Waals surface area contributed by atoms with Crippen LogP contribution in [0.5, 0.6) is 0 Å². The Morgan fingerprint density at radius 3 is 3.00 bits per heavy atom. The summed E-state index contributed by atoms with van der Waals surface area (Å²) in [7, 11) is 0. The van der Waals surface area contributed by atoms with Crippen molar-refractivity contribution in [3.8, 4) is 0 Å². The lowest BCUT2D eigenvalue weighted by Gasteiger charge is -2.02. The molecule has 0 saturated carbocycles. The Hall–Kier alpha value is -2.54. The van der Waals surface area contributed by atoms with E-state index in [9.17, 15) is 4.79 Å². The molecule has 0 aliphatic rings. The fraction of sp³-hybridized carbons (Fsp3) is 0.200. The van der Waals surface area contributed by atoms with E-state index in [2.05, 4.69) is 25.6 Å². The zero-order valence-electron chi connectivity index (χ0n) is 12.0. The number of anilines is 2. The molecule has 0 aliphatic carbocycles. The highest BCUT2D eigenvalue weighted by Gasteiger charge is 2.09. The topological polar surface area (TPSA) is 79.8 Å². The number of hydrogen-bond acceptors (Lipinski definition) is 6. The minimum absolute atomic E-state index is 0.0550. The Balaban J connectivity index is 1.82. The maximum Gasteiger partial charge on any atom is 0.251 e. The van der Waals surface area contributed by atoms with Gasteiger partial charge in [0.15, 0.2) is 10.9 Å². The molecular formula is C15H15N5OS. The van der Waals surface area contributed by atoms with Gasteiger partial charge in [-0.25, -0.2) is 9.97 Å². The van der Waals surface area contributed by atoms with Crippen LogP contribution in [0.1, 0.15) is 23.7 Å². The Kier molecular flexibility index (Phi) is 4.24. The maximum atomic E-state index is 12.0. The quantitative estimate of drug-likeness (QED) is 0.757. The van der Waals surface area contributed by atoms with Crippen LogP contribution in [0.3, 0.4) is 0 Å². The predicted molar refractivity (Wildman–Crippen MR) is 87.6 cm³/mol. The second kappa shape index (κ2) is 6.48. The summed E-state index contributed by atoms with van der Waals surface area (Å²) in [6, 6.07) is 5.51. The van der Waals surface area contributed by atoms with E-state index in [4.69, 9.17) is 0 Å². The molecule has 2 aromatic heterocycles. The van der Waals surface area contributed by atoms with Crippen LogP contribution in [0.4, 0.5) is 10.9 Å². The van der Waals surface area contributed by atoms with Crippen molar-refractivity contribution in [1.29, 1.82) is 0 Å². The third kappa shape index (κ3) is 3.20. The predicted octanol–water partition coefficient (Wildman–Crippen LogP) is 2.97. The van der Waals surface area contributed by atoms with E-state index < -0.39 is 0 Å². The van der Waals surface area contributed by atoms with Gasteiger partial charge in [-0.1, -0.05) is 18.3 Å². The zero-order chi connectivity index (χ0) is 15.4. The van der Waals surface area contributed by atoms with Gasteiger partial charge in [0.1, 0.15) is 0 Å². The van der Waals surface area contributed by atoms with E-state index in [0.717, 1.165) is 21.8 Å². The van der Waals surface area contributed by atoms with Crippen LogP contribution in [0.15, 0.2) is 36.8 Å². The van der Waals surface area contributed by atoms with Gasteiger partial charge in [0.2, 0.25) is 0 Å². The lowest BCUT2D eigenvalue weighted by atomic mass is 10.2. The third-order valence-corrected chi connectivity index (χ3v) is 3.92. The van der Waals surface area contributed by atoms with Gasteiger partial charge in [-0.3, -0.25) is 9.78 Å². The van der Waals surface area contributed by atoms with Crippen LogP contribution in [0.25, 0.3) is 10.2 Å². The molecule has 22 heavy (non-hydrogen) atoms. The van der Waals surface area contributed by atoms with Crippen molar-refractivity contribution in [2.75, 3.05) is 11.9 Å².